The molecule has 4 nitrogen and oxygen atoms in total. The van der Waals surface area contributed by atoms with Crippen LogP contribution in [-0.2, 0) is 10.0 Å². The van der Waals surface area contributed by atoms with E-state index in [2.05, 4.69) is 17.0 Å². The van der Waals surface area contributed by atoms with Crippen molar-refractivity contribution in [1.29, 1.82) is 0 Å². The Bertz CT molecular complexity index is 285. The molecule has 0 amide bonds. The second-order valence-electron chi connectivity index (χ2n) is 4.88. The van der Waals surface area contributed by atoms with Crippen molar-refractivity contribution >= 4 is 10.0 Å². The summed E-state index contributed by atoms with van der Waals surface area (Å²) in [4.78, 5) is 0. The third-order valence-electron chi connectivity index (χ3n) is 3.19. The lowest BCUT2D eigenvalue weighted by atomic mass is 10.1. The molecule has 0 aromatic carbocycles. The number of piperidine rings is 1. The van der Waals surface area contributed by atoms with Crippen LogP contribution in [0.25, 0.3) is 0 Å². The van der Waals surface area contributed by atoms with E-state index in [0.29, 0.717) is 6.54 Å². The summed E-state index contributed by atoms with van der Waals surface area (Å²) in [6.07, 6.45) is 7.72. The van der Waals surface area contributed by atoms with Gasteiger partial charge in [-0.15, -0.1) is 0 Å². The van der Waals surface area contributed by atoms with E-state index < -0.39 is 10.0 Å². The minimum absolute atomic E-state index is 0.150. The molecule has 0 saturated carbocycles. The molecular weight excluding hydrogens is 236 g/mol. The van der Waals surface area contributed by atoms with Gasteiger partial charge in [-0.25, -0.2) is 13.1 Å². The van der Waals surface area contributed by atoms with E-state index in [1.54, 1.807) is 0 Å². The maximum Gasteiger partial charge on any atom is 0.213 e. The van der Waals surface area contributed by atoms with Gasteiger partial charge in [0.15, 0.2) is 0 Å². The second kappa shape index (κ2) is 8.06. The summed E-state index contributed by atoms with van der Waals surface area (Å²) >= 11 is 0. The van der Waals surface area contributed by atoms with Crippen LogP contribution in [0, 0.1) is 0 Å². The molecule has 0 aliphatic carbocycles. The van der Waals surface area contributed by atoms with Crippen LogP contribution in [0.5, 0.6) is 0 Å². The van der Waals surface area contributed by atoms with E-state index in [1.165, 1.54) is 19.3 Å². The smallest absolute Gasteiger partial charge is 0.213 e. The molecule has 1 saturated heterocycles. The van der Waals surface area contributed by atoms with Gasteiger partial charge in [0.25, 0.3) is 0 Å². The van der Waals surface area contributed by atoms with Gasteiger partial charge in [-0.2, -0.15) is 0 Å². The van der Waals surface area contributed by atoms with Gasteiger partial charge in [0, 0.05) is 12.6 Å². The Kier molecular flexibility index (Phi) is 7.08. The first-order chi connectivity index (χ1) is 8.14. The third kappa shape index (κ3) is 7.01. The zero-order valence-electron chi connectivity index (χ0n) is 10.9. The summed E-state index contributed by atoms with van der Waals surface area (Å²) in [5.74, 6) is 0.237. The standard InChI is InChI=1S/C12H26N2O2S/c1-2-3-4-6-10-14-17(15,16)11-12-8-5-7-9-13-12/h12-14H,2-11H2,1H3. The van der Waals surface area contributed by atoms with Crippen LogP contribution in [-0.4, -0.2) is 33.3 Å². The number of sulfonamides is 1. The largest absolute Gasteiger partial charge is 0.313 e. The Morgan fingerprint density at radius 3 is 2.71 bits per heavy atom. The van der Waals surface area contributed by atoms with Crippen LogP contribution in [0.2, 0.25) is 0 Å². The first kappa shape index (κ1) is 14.9. The minimum Gasteiger partial charge on any atom is -0.313 e. The highest BCUT2D eigenvalue weighted by Crippen LogP contribution is 2.08. The quantitative estimate of drug-likeness (QED) is 0.654. The van der Waals surface area contributed by atoms with Crippen molar-refractivity contribution < 1.29 is 8.42 Å². The summed E-state index contributed by atoms with van der Waals surface area (Å²) in [7, 11) is -3.08. The highest BCUT2D eigenvalue weighted by Gasteiger charge is 2.20. The molecule has 0 spiro atoms. The second-order valence-corrected chi connectivity index (χ2v) is 6.73. The molecular formula is C12H26N2O2S. The summed E-state index contributed by atoms with van der Waals surface area (Å²) in [5, 5.41) is 3.27. The molecule has 1 aliphatic rings. The van der Waals surface area contributed by atoms with Gasteiger partial charge in [0.2, 0.25) is 10.0 Å². The van der Waals surface area contributed by atoms with Gasteiger partial charge in [-0.3, -0.25) is 0 Å². The number of nitrogens with one attached hydrogen (secondary N) is 2. The lowest BCUT2D eigenvalue weighted by molar-refractivity contribution is 0.422. The van der Waals surface area contributed by atoms with E-state index in [0.717, 1.165) is 32.2 Å². The fourth-order valence-corrected chi connectivity index (χ4v) is 3.56. The number of hydrogen-bond donors (Lipinski definition) is 2. The number of hydrogen-bond acceptors (Lipinski definition) is 3. The van der Waals surface area contributed by atoms with Crippen LogP contribution in [0.1, 0.15) is 51.9 Å². The number of unbranched alkanes of at least 4 members (excludes halogenated alkanes) is 3. The average Bonchev–Trinajstić information content (AvgIpc) is 2.29. The molecule has 17 heavy (non-hydrogen) atoms. The average molecular weight is 262 g/mol. The Balaban J connectivity index is 2.16. The number of rotatable bonds is 8. The third-order valence-corrected chi connectivity index (χ3v) is 4.67. The summed E-state index contributed by atoms with van der Waals surface area (Å²) in [5.41, 5.74) is 0. The van der Waals surface area contributed by atoms with Crippen LogP contribution in [0.4, 0.5) is 0 Å². The highest BCUT2D eigenvalue weighted by molar-refractivity contribution is 7.89. The van der Waals surface area contributed by atoms with E-state index in [9.17, 15) is 8.42 Å². The summed E-state index contributed by atoms with van der Waals surface area (Å²) < 4.78 is 26.3. The van der Waals surface area contributed by atoms with E-state index >= 15 is 0 Å². The van der Waals surface area contributed by atoms with Gasteiger partial charge in [0.1, 0.15) is 0 Å². The Morgan fingerprint density at radius 1 is 1.24 bits per heavy atom. The Hall–Kier alpha value is -0.130. The van der Waals surface area contributed by atoms with Crippen LogP contribution in [0.3, 0.4) is 0 Å². The van der Waals surface area contributed by atoms with Gasteiger partial charge >= 0.3 is 0 Å². The molecule has 0 aromatic rings. The molecule has 102 valence electrons. The van der Waals surface area contributed by atoms with E-state index in [1.807, 2.05) is 0 Å². The van der Waals surface area contributed by atoms with Crippen molar-refractivity contribution in [3.63, 3.8) is 0 Å². The van der Waals surface area contributed by atoms with Gasteiger partial charge in [-0.05, 0) is 25.8 Å². The molecule has 1 unspecified atom stereocenters. The van der Waals surface area contributed by atoms with Crippen molar-refractivity contribution in [3.05, 3.63) is 0 Å². The SMILES string of the molecule is CCCCCCNS(=O)(=O)CC1CCCCN1. The minimum atomic E-state index is -3.08. The van der Waals surface area contributed by atoms with Crippen molar-refractivity contribution in [3.8, 4) is 0 Å². The van der Waals surface area contributed by atoms with Crippen molar-refractivity contribution in [1.82, 2.24) is 10.0 Å². The van der Waals surface area contributed by atoms with Gasteiger partial charge < -0.3 is 5.32 Å². The fourth-order valence-electron chi connectivity index (χ4n) is 2.17. The van der Waals surface area contributed by atoms with Crippen molar-refractivity contribution in [2.75, 3.05) is 18.8 Å². The van der Waals surface area contributed by atoms with E-state index in [4.69, 9.17) is 0 Å². The maximum absolute atomic E-state index is 11.8. The predicted octanol–water partition coefficient (Wildman–Crippen LogP) is 1.63. The zero-order valence-corrected chi connectivity index (χ0v) is 11.7. The van der Waals surface area contributed by atoms with Gasteiger partial charge in [0.05, 0.1) is 5.75 Å². The first-order valence-electron chi connectivity index (χ1n) is 6.85. The molecule has 1 heterocycles. The molecule has 2 N–H and O–H groups in total. The lowest BCUT2D eigenvalue weighted by Crippen LogP contribution is -2.42. The monoisotopic (exact) mass is 262 g/mol. The lowest BCUT2D eigenvalue weighted by Gasteiger charge is -2.23. The molecule has 1 atom stereocenters. The topological polar surface area (TPSA) is 58.2 Å². The van der Waals surface area contributed by atoms with Gasteiger partial charge in [-0.1, -0.05) is 32.6 Å². The zero-order chi connectivity index (χ0) is 12.6. The van der Waals surface area contributed by atoms with Crippen LogP contribution < -0.4 is 10.0 Å². The molecule has 0 bridgehead atoms. The van der Waals surface area contributed by atoms with E-state index in [-0.39, 0.29) is 11.8 Å². The van der Waals surface area contributed by atoms with Crippen molar-refractivity contribution in [2.45, 2.75) is 57.9 Å². The normalized spacial score (nSPS) is 21.6. The molecule has 1 fully saturated rings. The summed E-state index contributed by atoms with van der Waals surface area (Å²) in [6.45, 7) is 3.70. The molecule has 0 aromatic heterocycles. The van der Waals surface area contributed by atoms with Crippen molar-refractivity contribution in [2.24, 2.45) is 0 Å². The first-order valence-corrected chi connectivity index (χ1v) is 8.50. The Labute approximate surface area is 106 Å². The Morgan fingerprint density at radius 2 is 2.06 bits per heavy atom. The fraction of sp³-hybridized carbons (Fsp3) is 1.00. The van der Waals surface area contributed by atoms with Crippen LogP contribution in [0.15, 0.2) is 0 Å². The molecule has 5 heteroatoms. The predicted molar refractivity (Wildman–Crippen MR) is 71.6 cm³/mol. The van der Waals surface area contributed by atoms with Crippen LogP contribution >= 0.6 is 0 Å². The molecule has 1 aliphatic heterocycles. The molecule has 1 rings (SSSR count). The maximum atomic E-state index is 11.8. The summed E-state index contributed by atoms with van der Waals surface area (Å²) in [6, 6.07) is 0.150. The molecule has 0 radical (unpaired) electrons. The highest BCUT2D eigenvalue weighted by atomic mass is 32.2.